The molecule has 0 radical (unpaired) electrons. The second-order valence-corrected chi connectivity index (χ2v) is 8.54. The Bertz CT molecular complexity index is 618. The molecular weight excluding hydrogens is 370 g/mol. The van der Waals surface area contributed by atoms with Gasteiger partial charge in [0.2, 0.25) is 5.91 Å². The number of nitrogens with one attached hydrogen (secondary N) is 2. The summed E-state index contributed by atoms with van der Waals surface area (Å²) in [6.45, 7) is 11.7. The molecule has 7 heteroatoms. The topological polar surface area (TPSA) is 69.6 Å². The highest BCUT2D eigenvalue weighted by atomic mass is 32.1. The molecular formula is C21H37N5OS. The Kier molecular flexibility index (Phi) is 9.75. The minimum Gasteiger partial charge on any atom is -0.357 e. The lowest BCUT2D eigenvalue weighted by Crippen LogP contribution is -2.50. The highest BCUT2D eigenvalue weighted by Gasteiger charge is 2.26. The predicted octanol–water partition coefficient (Wildman–Crippen LogP) is 3.23. The summed E-state index contributed by atoms with van der Waals surface area (Å²) in [6, 6.07) is 0.370. The second-order valence-electron chi connectivity index (χ2n) is 7.34. The number of likely N-dealkylation sites (tertiary alicyclic amines) is 1. The molecule has 1 aliphatic heterocycles. The monoisotopic (exact) mass is 407 g/mol. The van der Waals surface area contributed by atoms with Gasteiger partial charge in [-0.3, -0.25) is 9.79 Å². The van der Waals surface area contributed by atoms with E-state index in [4.69, 9.17) is 4.99 Å². The van der Waals surface area contributed by atoms with E-state index in [0.717, 1.165) is 75.7 Å². The normalized spacial score (nSPS) is 15.9. The van der Waals surface area contributed by atoms with Crippen LogP contribution in [0.25, 0.3) is 0 Å². The van der Waals surface area contributed by atoms with Crippen LogP contribution < -0.4 is 10.6 Å². The summed E-state index contributed by atoms with van der Waals surface area (Å²) in [5.41, 5.74) is 0. The van der Waals surface area contributed by atoms with Crippen molar-refractivity contribution in [2.75, 3.05) is 26.2 Å². The van der Waals surface area contributed by atoms with Crippen molar-refractivity contribution < 1.29 is 4.79 Å². The van der Waals surface area contributed by atoms with E-state index in [1.807, 2.05) is 11.1 Å². The summed E-state index contributed by atoms with van der Waals surface area (Å²) in [6.07, 6.45) is 7.72. The third-order valence-corrected chi connectivity index (χ3v) is 6.57. The zero-order valence-electron chi connectivity index (χ0n) is 18.0. The van der Waals surface area contributed by atoms with Gasteiger partial charge in [0.15, 0.2) is 5.96 Å². The molecule has 1 amide bonds. The maximum atomic E-state index is 12.6. The molecule has 0 atom stereocenters. The van der Waals surface area contributed by atoms with Crippen LogP contribution in [0.3, 0.4) is 0 Å². The molecule has 1 fully saturated rings. The maximum Gasteiger partial charge on any atom is 0.225 e. The molecule has 2 N–H and O–H groups in total. The smallest absolute Gasteiger partial charge is 0.225 e. The molecule has 158 valence electrons. The van der Waals surface area contributed by atoms with Gasteiger partial charge >= 0.3 is 0 Å². The van der Waals surface area contributed by atoms with Crippen molar-refractivity contribution in [1.82, 2.24) is 20.5 Å². The van der Waals surface area contributed by atoms with Gasteiger partial charge in [-0.1, -0.05) is 20.8 Å². The summed E-state index contributed by atoms with van der Waals surface area (Å²) in [7, 11) is 0. The van der Waals surface area contributed by atoms with Crippen LogP contribution in [0.5, 0.6) is 0 Å². The van der Waals surface area contributed by atoms with Gasteiger partial charge in [-0.2, -0.15) is 0 Å². The fourth-order valence-corrected chi connectivity index (χ4v) is 4.40. The van der Waals surface area contributed by atoms with Gasteiger partial charge < -0.3 is 15.5 Å². The average molecular weight is 408 g/mol. The number of hydrogen-bond acceptors (Lipinski definition) is 4. The maximum absolute atomic E-state index is 12.6. The third kappa shape index (κ3) is 6.76. The molecule has 28 heavy (non-hydrogen) atoms. The van der Waals surface area contributed by atoms with E-state index in [2.05, 4.69) is 43.3 Å². The van der Waals surface area contributed by atoms with Gasteiger partial charge in [-0.25, -0.2) is 4.98 Å². The van der Waals surface area contributed by atoms with Crippen LogP contribution in [0, 0.1) is 5.92 Å². The first-order valence-corrected chi connectivity index (χ1v) is 11.7. The highest BCUT2D eigenvalue weighted by Crippen LogP contribution is 2.17. The molecule has 0 aromatic carbocycles. The first kappa shape index (κ1) is 22.7. The number of thiazole rings is 1. The van der Waals surface area contributed by atoms with Gasteiger partial charge in [-0.05, 0) is 39.0 Å². The van der Waals surface area contributed by atoms with Crippen molar-refractivity contribution >= 4 is 23.2 Å². The molecule has 1 aromatic rings. The van der Waals surface area contributed by atoms with Crippen LogP contribution in [0.2, 0.25) is 0 Å². The van der Waals surface area contributed by atoms with Gasteiger partial charge in [0.1, 0.15) is 0 Å². The quantitative estimate of drug-likeness (QED) is 0.487. The van der Waals surface area contributed by atoms with Gasteiger partial charge in [0, 0.05) is 55.6 Å². The number of guanidine groups is 1. The lowest BCUT2D eigenvalue weighted by atomic mass is 9.98. The number of hydrogen-bond donors (Lipinski definition) is 2. The number of aromatic nitrogens is 1. The molecule has 2 heterocycles. The van der Waals surface area contributed by atoms with Crippen molar-refractivity contribution in [3.05, 3.63) is 16.1 Å². The lowest BCUT2D eigenvalue weighted by molar-refractivity contribution is -0.136. The van der Waals surface area contributed by atoms with Gasteiger partial charge in [0.05, 0.1) is 5.01 Å². The SMILES string of the molecule is CCNC(=NCCc1ncc(CC)s1)NC1CCN(C(=O)C(CC)CC)CC1. The summed E-state index contributed by atoms with van der Waals surface area (Å²) in [5.74, 6) is 1.39. The number of aryl methyl sites for hydroxylation is 1. The first-order valence-electron chi connectivity index (χ1n) is 10.9. The third-order valence-electron chi connectivity index (χ3n) is 5.37. The number of nitrogens with zero attached hydrogens (tertiary/aromatic N) is 3. The molecule has 0 aliphatic carbocycles. The summed E-state index contributed by atoms with van der Waals surface area (Å²) in [5, 5.41) is 8.06. The lowest BCUT2D eigenvalue weighted by Gasteiger charge is -2.34. The fraction of sp³-hybridized carbons (Fsp3) is 0.762. The molecule has 0 saturated carbocycles. The van der Waals surface area contributed by atoms with Crippen LogP contribution in [-0.4, -0.2) is 54.0 Å². The number of aliphatic imine (C=N–C) groups is 1. The molecule has 6 nitrogen and oxygen atoms in total. The van der Waals surface area contributed by atoms with E-state index >= 15 is 0 Å². The summed E-state index contributed by atoms with van der Waals surface area (Å²) in [4.78, 5) is 25.1. The zero-order valence-corrected chi connectivity index (χ0v) is 18.8. The number of carbonyl (C=O) groups excluding carboxylic acids is 1. The van der Waals surface area contributed by atoms with Crippen LogP contribution in [0.1, 0.15) is 63.3 Å². The first-order chi connectivity index (χ1) is 13.6. The average Bonchev–Trinajstić information content (AvgIpc) is 3.17. The van der Waals surface area contributed by atoms with Crippen LogP contribution >= 0.6 is 11.3 Å². The van der Waals surface area contributed by atoms with Crippen molar-refractivity contribution in [2.24, 2.45) is 10.9 Å². The van der Waals surface area contributed by atoms with E-state index in [0.29, 0.717) is 11.9 Å². The number of rotatable bonds is 9. The second kappa shape index (κ2) is 12.0. The van der Waals surface area contributed by atoms with Crippen molar-refractivity contribution in [3.8, 4) is 0 Å². The number of amides is 1. The summed E-state index contributed by atoms with van der Waals surface area (Å²) >= 11 is 1.78. The summed E-state index contributed by atoms with van der Waals surface area (Å²) < 4.78 is 0. The fourth-order valence-electron chi connectivity index (χ4n) is 3.54. The zero-order chi connectivity index (χ0) is 20.4. The standard InChI is InChI=1S/C21H37N5OS/c1-5-16(6-2)20(27)26-13-10-17(11-14-26)25-21(22-8-4)23-12-9-19-24-15-18(7-3)28-19/h15-17H,5-14H2,1-4H3,(H2,22,23,25). The van der Waals surface area contributed by atoms with E-state index in [1.54, 1.807) is 11.3 Å². The highest BCUT2D eigenvalue weighted by molar-refractivity contribution is 7.11. The molecule has 1 aromatic heterocycles. The Hall–Kier alpha value is -1.63. The molecule has 1 saturated heterocycles. The van der Waals surface area contributed by atoms with Crippen LogP contribution in [-0.2, 0) is 17.6 Å². The molecule has 1 aliphatic rings. The van der Waals surface area contributed by atoms with Crippen molar-refractivity contribution in [3.63, 3.8) is 0 Å². The number of carbonyl (C=O) groups is 1. The van der Waals surface area contributed by atoms with Crippen LogP contribution in [0.4, 0.5) is 0 Å². The minimum atomic E-state index is 0.183. The van der Waals surface area contributed by atoms with E-state index in [1.165, 1.54) is 4.88 Å². The Morgan fingerprint density at radius 2 is 2.00 bits per heavy atom. The Balaban J connectivity index is 1.81. The van der Waals surface area contributed by atoms with E-state index < -0.39 is 0 Å². The Morgan fingerprint density at radius 1 is 1.29 bits per heavy atom. The molecule has 0 spiro atoms. The van der Waals surface area contributed by atoms with Gasteiger partial charge in [-0.15, -0.1) is 11.3 Å². The van der Waals surface area contributed by atoms with Crippen molar-refractivity contribution in [2.45, 2.75) is 72.3 Å². The molecule has 0 bridgehead atoms. The van der Waals surface area contributed by atoms with Crippen molar-refractivity contribution in [1.29, 1.82) is 0 Å². The number of piperidine rings is 1. The predicted molar refractivity (Wildman–Crippen MR) is 118 cm³/mol. The van der Waals surface area contributed by atoms with Crippen LogP contribution in [0.15, 0.2) is 11.2 Å². The molecule has 2 rings (SSSR count). The Labute approximate surface area is 174 Å². The minimum absolute atomic E-state index is 0.183. The van der Waals surface area contributed by atoms with E-state index in [-0.39, 0.29) is 5.92 Å². The van der Waals surface area contributed by atoms with Gasteiger partial charge in [0.25, 0.3) is 0 Å². The Morgan fingerprint density at radius 3 is 2.57 bits per heavy atom. The largest absolute Gasteiger partial charge is 0.357 e. The van der Waals surface area contributed by atoms with E-state index in [9.17, 15) is 4.79 Å². The molecule has 0 unspecified atom stereocenters.